The molecule has 1 aromatic carbocycles. The topological polar surface area (TPSA) is 38.7 Å². The third kappa shape index (κ3) is 3.39. The molecule has 1 atom stereocenters. The minimum atomic E-state index is -4.82. The first-order valence-electron chi connectivity index (χ1n) is 3.75. The summed E-state index contributed by atoms with van der Waals surface area (Å²) in [6, 6.07) is 5.06. The van der Waals surface area contributed by atoms with Crippen molar-refractivity contribution in [2.75, 3.05) is 0 Å². The van der Waals surface area contributed by atoms with Crippen LogP contribution in [0.15, 0.2) is 29.4 Å². The van der Waals surface area contributed by atoms with Crippen molar-refractivity contribution in [2.45, 2.75) is 11.9 Å². The zero-order valence-electron chi connectivity index (χ0n) is 7.16. The molecule has 0 aromatic heterocycles. The number of hydrogen-bond acceptors (Lipinski definition) is 3. The van der Waals surface area contributed by atoms with Crippen LogP contribution in [0.4, 0.5) is 13.2 Å². The van der Waals surface area contributed by atoms with Crippen molar-refractivity contribution in [3.8, 4) is 5.75 Å². The van der Waals surface area contributed by atoms with Gasteiger partial charge < -0.3 is 4.74 Å². The Kier molecular flexibility index (Phi) is 3.52. The summed E-state index contributed by atoms with van der Waals surface area (Å²) in [4.78, 5) is 10.1. The predicted octanol–water partition coefficient (Wildman–Crippen LogP) is 3.59. The van der Waals surface area contributed by atoms with Crippen LogP contribution in [0, 0.1) is 4.91 Å². The lowest BCUT2D eigenvalue weighted by Gasteiger charge is -2.12. The number of rotatable bonds is 3. The van der Waals surface area contributed by atoms with E-state index in [-0.39, 0.29) is 5.56 Å². The molecule has 82 valence electrons. The Balaban J connectivity index is 3.01. The third-order valence-electron chi connectivity index (χ3n) is 1.49. The average Bonchev–Trinajstić information content (AvgIpc) is 2.15. The number of para-hydroxylation sites is 1. The van der Waals surface area contributed by atoms with Crippen molar-refractivity contribution in [2.24, 2.45) is 5.18 Å². The quantitative estimate of drug-likeness (QED) is 0.459. The van der Waals surface area contributed by atoms with Crippen LogP contribution in [-0.4, -0.2) is 6.36 Å². The summed E-state index contributed by atoms with van der Waals surface area (Å²) >= 11 is 5.40. The smallest absolute Gasteiger partial charge is 0.405 e. The van der Waals surface area contributed by atoms with Crippen molar-refractivity contribution in [1.82, 2.24) is 0 Å². The Bertz CT molecular complexity index is 356. The zero-order valence-corrected chi connectivity index (χ0v) is 7.92. The fourth-order valence-corrected chi connectivity index (χ4v) is 1.13. The molecule has 0 heterocycles. The van der Waals surface area contributed by atoms with Gasteiger partial charge in [-0.2, -0.15) is 0 Å². The highest BCUT2D eigenvalue weighted by atomic mass is 35.5. The van der Waals surface area contributed by atoms with Gasteiger partial charge in [-0.1, -0.05) is 29.8 Å². The number of ether oxygens (including phenoxy) is 1. The van der Waals surface area contributed by atoms with E-state index in [0.717, 1.165) is 6.07 Å². The van der Waals surface area contributed by atoms with Crippen LogP contribution in [0.3, 0.4) is 0 Å². The van der Waals surface area contributed by atoms with Crippen LogP contribution >= 0.6 is 11.6 Å². The molecule has 0 fully saturated rings. The van der Waals surface area contributed by atoms with Crippen molar-refractivity contribution in [3.63, 3.8) is 0 Å². The SMILES string of the molecule is O=NC(Cl)c1ccccc1OC(F)(F)F. The largest absolute Gasteiger partial charge is 0.573 e. The first kappa shape index (κ1) is 11.8. The van der Waals surface area contributed by atoms with Gasteiger partial charge in [0.1, 0.15) is 5.75 Å². The lowest BCUT2D eigenvalue weighted by atomic mass is 10.2. The molecule has 15 heavy (non-hydrogen) atoms. The highest BCUT2D eigenvalue weighted by Gasteiger charge is 2.32. The van der Waals surface area contributed by atoms with E-state index in [0.29, 0.717) is 0 Å². The maximum absolute atomic E-state index is 11.9. The molecule has 7 heteroatoms. The van der Waals surface area contributed by atoms with Crippen LogP contribution in [-0.2, 0) is 0 Å². The molecule has 0 aliphatic carbocycles. The summed E-state index contributed by atoms with van der Waals surface area (Å²) < 4.78 is 39.4. The Hall–Kier alpha value is -1.30. The van der Waals surface area contributed by atoms with Gasteiger partial charge in [0.25, 0.3) is 0 Å². The second-order valence-corrected chi connectivity index (χ2v) is 2.94. The molecule has 0 saturated carbocycles. The van der Waals surface area contributed by atoms with E-state index >= 15 is 0 Å². The minimum absolute atomic E-state index is 0.119. The Labute approximate surface area is 87.8 Å². The average molecular weight is 240 g/mol. The van der Waals surface area contributed by atoms with Crippen LogP contribution in [0.2, 0.25) is 0 Å². The molecular formula is C8H5ClF3NO2. The van der Waals surface area contributed by atoms with Crippen LogP contribution < -0.4 is 4.74 Å². The van der Waals surface area contributed by atoms with Gasteiger partial charge >= 0.3 is 6.36 Å². The molecule has 3 nitrogen and oxygen atoms in total. The number of benzene rings is 1. The molecule has 0 aliphatic heterocycles. The van der Waals surface area contributed by atoms with E-state index in [9.17, 15) is 18.1 Å². The molecule has 0 spiro atoms. The van der Waals surface area contributed by atoms with Gasteiger partial charge in [0.2, 0.25) is 0 Å². The van der Waals surface area contributed by atoms with Crippen LogP contribution in [0.5, 0.6) is 5.75 Å². The van der Waals surface area contributed by atoms with Gasteiger partial charge in [-0.05, 0) is 11.2 Å². The summed E-state index contributed by atoms with van der Waals surface area (Å²) in [5, 5.41) is 2.42. The van der Waals surface area contributed by atoms with E-state index in [1.54, 1.807) is 0 Å². The summed E-state index contributed by atoms with van der Waals surface area (Å²) in [6.45, 7) is 0. The van der Waals surface area contributed by atoms with Gasteiger partial charge in [-0.3, -0.25) is 0 Å². The second-order valence-electron chi connectivity index (χ2n) is 2.53. The molecule has 1 unspecified atom stereocenters. The molecule has 0 radical (unpaired) electrons. The number of nitrogens with zero attached hydrogens (tertiary/aromatic N) is 1. The van der Waals surface area contributed by atoms with Gasteiger partial charge in [0.05, 0.1) is 0 Å². The molecule has 0 saturated heterocycles. The predicted molar refractivity (Wildman–Crippen MR) is 47.5 cm³/mol. The number of nitroso groups, excluding NO2 is 1. The van der Waals surface area contributed by atoms with E-state index in [2.05, 4.69) is 9.91 Å². The first-order chi connectivity index (χ1) is 6.94. The molecule has 0 N–H and O–H groups in total. The molecule has 0 amide bonds. The summed E-state index contributed by atoms with van der Waals surface area (Å²) in [5.74, 6) is -0.524. The van der Waals surface area contributed by atoms with Crippen LogP contribution in [0.25, 0.3) is 0 Å². The Morgan fingerprint density at radius 2 is 1.93 bits per heavy atom. The summed E-state index contributed by atoms with van der Waals surface area (Å²) in [7, 11) is 0. The third-order valence-corrected chi connectivity index (χ3v) is 1.81. The normalized spacial score (nSPS) is 13.3. The summed E-state index contributed by atoms with van der Waals surface area (Å²) in [5.41, 5.74) is -1.52. The van der Waals surface area contributed by atoms with Crippen LogP contribution in [0.1, 0.15) is 11.1 Å². The first-order valence-corrected chi connectivity index (χ1v) is 4.19. The van der Waals surface area contributed by atoms with Gasteiger partial charge in [-0.15, -0.1) is 18.1 Å². The van der Waals surface area contributed by atoms with E-state index in [1.165, 1.54) is 18.2 Å². The van der Waals surface area contributed by atoms with E-state index < -0.39 is 17.6 Å². The van der Waals surface area contributed by atoms with Crippen molar-refractivity contribution in [1.29, 1.82) is 0 Å². The van der Waals surface area contributed by atoms with E-state index in [4.69, 9.17) is 11.6 Å². The zero-order chi connectivity index (χ0) is 11.5. The standard InChI is InChI=1S/C8H5ClF3NO2/c9-7(13-14)5-3-1-2-4-6(5)15-8(10,11)12/h1-4,7H. The van der Waals surface area contributed by atoms with Crippen molar-refractivity contribution < 1.29 is 17.9 Å². The second kappa shape index (κ2) is 4.48. The van der Waals surface area contributed by atoms with Gasteiger partial charge in [0.15, 0.2) is 5.50 Å². The Morgan fingerprint density at radius 1 is 1.33 bits per heavy atom. The van der Waals surface area contributed by atoms with Crippen molar-refractivity contribution >= 4 is 11.6 Å². The number of halogens is 4. The lowest BCUT2D eigenvalue weighted by molar-refractivity contribution is -0.274. The minimum Gasteiger partial charge on any atom is -0.405 e. The lowest BCUT2D eigenvalue weighted by Crippen LogP contribution is -2.18. The molecule has 0 bridgehead atoms. The van der Waals surface area contributed by atoms with Gasteiger partial charge in [-0.25, -0.2) is 0 Å². The number of alkyl halides is 4. The molecule has 1 rings (SSSR count). The monoisotopic (exact) mass is 239 g/mol. The molecular weight excluding hydrogens is 235 g/mol. The Morgan fingerprint density at radius 3 is 2.47 bits per heavy atom. The fourth-order valence-electron chi connectivity index (χ4n) is 0.952. The fraction of sp³-hybridized carbons (Fsp3) is 0.250. The highest BCUT2D eigenvalue weighted by Crippen LogP contribution is 2.33. The molecule has 1 aromatic rings. The van der Waals surface area contributed by atoms with E-state index in [1.807, 2.05) is 0 Å². The number of hydrogen-bond donors (Lipinski definition) is 0. The maximum atomic E-state index is 11.9. The maximum Gasteiger partial charge on any atom is 0.573 e. The highest BCUT2D eigenvalue weighted by molar-refractivity contribution is 6.20. The molecule has 0 aliphatic rings. The summed E-state index contributed by atoms with van der Waals surface area (Å²) in [6.07, 6.45) is -4.82. The van der Waals surface area contributed by atoms with Gasteiger partial charge in [0, 0.05) is 5.56 Å². The van der Waals surface area contributed by atoms with Crippen molar-refractivity contribution in [3.05, 3.63) is 34.7 Å².